The monoisotopic (exact) mass is 247 g/mol. The Morgan fingerprint density at radius 1 is 1.44 bits per heavy atom. The molecule has 1 aromatic carbocycles. The van der Waals surface area contributed by atoms with Gasteiger partial charge < -0.3 is 9.47 Å². The van der Waals surface area contributed by atoms with E-state index in [1.165, 1.54) is 0 Å². The van der Waals surface area contributed by atoms with Gasteiger partial charge in [-0.2, -0.15) is 5.26 Å². The van der Waals surface area contributed by atoms with E-state index in [1.54, 1.807) is 25.1 Å². The van der Waals surface area contributed by atoms with Crippen molar-refractivity contribution < 1.29 is 14.3 Å². The van der Waals surface area contributed by atoms with E-state index >= 15 is 0 Å². The number of hydrogen-bond donors (Lipinski definition) is 0. The molecule has 0 bridgehead atoms. The number of esters is 1. The summed E-state index contributed by atoms with van der Waals surface area (Å²) in [4.78, 5) is 11.6. The first-order valence-corrected chi connectivity index (χ1v) is 5.96. The largest absolute Gasteiger partial charge is 0.478 e. The Kier molecular flexibility index (Phi) is 5.19. The summed E-state index contributed by atoms with van der Waals surface area (Å²) in [7, 11) is 0. The van der Waals surface area contributed by atoms with Crippen molar-refractivity contribution >= 4 is 5.97 Å². The van der Waals surface area contributed by atoms with Gasteiger partial charge in [0, 0.05) is 0 Å². The van der Waals surface area contributed by atoms with E-state index in [2.05, 4.69) is 0 Å². The van der Waals surface area contributed by atoms with Gasteiger partial charge in [0.05, 0.1) is 18.2 Å². The van der Waals surface area contributed by atoms with E-state index in [0.717, 1.165) is 5.56 Å². The smallest absolute Gasteiger partial charge is 0.347 e. The highest BCUT2D eigenvalue weighted by molar-refractivity contribution is 5.75. The summed E-state index contributed by atoms with van der Waals surface area (Å²) >= 11 is 0. The zero-order valence-electron chi connectivity index (χ0n) is 10.9. The van der Waals surface area contributed by atoms with Crippen LogP contribution in [0.3, 0.4) is 0 Å². The molecule has 4 heteroatoms. The van der Waals surface area contributed by atoms with Crippen molar-refractivity contribution in [2.75, 3.05) is 6.61 Å². The van der Waals surface area contributed by atoms with Crippen LogP contribution in [0.25, 0.3) is 0 Å². The minimum Gasteiger partial charge on any atom is -0.478 e. The topological polar surface area (TPSA) is 59.3 Å². The van der Waals surface area contributed by atoms with Crippen molar-refractivity contribution in [2.24, 2.45) is 0 Å². The lowest BCUT2D eigenvalue weighted by Gasteiger charge is -2.17. The predicted molar refractivity (Wildman–Crippen MR) is 67.2 cm³/mol. The third-order valence-electron chi connectivity index (χ3n) is 2.51. The van der Waals surface area contributed by atoms with E-state index in [1.807, 2.05) is 19.9 Å². The summed E-state index contributed by atoms with van der Waals surface area (Å²) in [5.74, 6) is 0.177. The summed E-state index contributed by atoms with van der Waals surface area (Å²) < 4.78 is 10.6. The average Bonchev–Trinajstić information content (AvgIpc) is 2.38. The Hall–Kier alpha value is -2.02. The number of nitrogens with zero attached hydrogens (tertiary/aromatic N) is 1. The van der Waals surface area contributed by atoms with Crippen LogP contribution in [0.5, 0.6) is 5.75 Å². The summed E-state index contributed by atoms with van der Waals surface area (Å²) in [5.41, 5.74) is 1.39. The van der Waals surface area contributed by atoms with Crippen molar-refractivity contribution in [3.05, 3.63) is 29.3 Å². The van der Waals surface area contributed by atoms with Gasteiger partial charge in [0.15, 0.2) is 6.10 Å². The standard InChI is InChI=1S/C14H17NO3/c1-4-12(14(16)17-5-2)18-13-8-11(9-15)7-6-10(13)3/h6-8,12H,4-5H2,1-3H3. The van der Waals surface area contributed by atoms with Crippen molar-refractivity contribution in [3.8, 4) is 11.8 Å². The SMILES string of the molecule is CCOC(=O)C(CC)Oc1cc(C#N)ccc1C. The molecule has 0 amide bonds. The molecule has 0 fully saturated rings. The molecule has 1 atom stereocenters. The number of carbonyl (C=O) groups excluding carboxylic acids is 1. The number of benzene rings is 1. The van der Waals surface area contributed by atoms with Crippen LogP contribution < -0.4 is 4.74 Å². The summed E-state index contributed by atoms with van der Waals surface area (Å²) in [5, 5.41) is 8.84. The van der Waals surface area contributed by atoms with E-state index < -0.39 is 6.10 Å². The summed E-state index contributed by atoms with van der Waals surface area (Å²) in [6.45, 7) is 5.81. The first-order chi connectivity index (χ1) is 8.62. The molecule has 0 aliphatic carbocycles. The molecule has 1 aromatic rings. The number of rotatable bonds is 5. The third kappa shape index (κ3) is 3.49. The molecule has 18 heavy (non-hydrogen) atoms. The van der Waals surface area contributed by atoms with Crippen molar-refractivity contribution in [2.45, 2.75) is 33.3 Å². The number of hydrogen-bond acceptors (Lipinski definition) is 4. The molecule has 0 aromatic heterocycles. The summed E-state index contributed by atoms with van der Waals surface area (Å²) in [6, 6.07) is 7.19. The first-order valence-electron chi connectivity index (χ1n) is 5.96. The highest BCUT2D eigenvalue weighted by Gasteiger charge is 2.20. The van der Waals surface area contributed by atoms with E-state index in [0.29, 0.717) is 24.3 Å². The second-order valence-electron chi connectivity index (χ2n) is 3.86. The van der Waals surface area contributed by atoms with Gasteiger partial charge in [-0.15, -0.1) is 0 Å². The molecule has 0 N–H and O–H groups in total. The lowest BCUT2D eigenvalue weighted by molar-refractivity contribution is -0.151. The Bertz CT molecular complexity index is 463. The van der Waals surface area contributed by atoms with Gasteiger partial charge in [0.1, 0.15) is 5.75 Å². The third-order valence-corrected chi connectivity index (χ3v) is 2.51. The Morgan fingerprint density at radius 3 is 2.72 bits per heavy atom. The average molecular weight is 247 g/mol. The molecule has 0 aliphatic heterocycles. The zero-order valence-corrected chi connectivity index (χ0v) is 10.9. The van der Waals surface area contributed by atoms with Gasteiger partial charge in [-0.3, -0.25) is 0 Å². The lowest BCUT2D eigenvalue weighted by Crippen LogP contribution is -2.28. The molecule has 96 valence electrons. The fourth-order valence-corrected chi connectivity index (χ4v) is 1.48. The van der Waals surface area contributed by atoms with E-state index in [4.69, 9.17) is 14.7 Å². The van der Waals surface area contributed by atoms with Crippen molar-refractivity contribution in [1.82, 2.24) is 0 Å². The fraction of sp³-hybridized carbons (Fsp3) is 0.429. The van der Waals surface area contributed by atoms with Crippen LogP contribution in [-0.4, -0.2) is 18.7 Å². The molecular weight excluding hydrogens is 230 g/mol. The Morgan fingerprint density at radius 2 is 2.17 bits per heavy atom. The quantitative estimate of drug-likeness (QED) is 0.750. The highest BCUT2D eigenvalue weighted by atomic mass is 16.6. The highest BCUT2D eigenvalue weighted by Crippen LogP contribution is 2.21. The van der Waals surface area contributed by atoms with Crippen LogP contribution in [0.2, 0.25) is 0 Å². The van der Waals surface area contributed by atoms with Crippen molar-refractivity contribution in [1.29, 1.82) is 5.26 Å². The minimum absolute atomic E-state index is 0.329. The maximum atomic E-state index is 11.6. The molecule has 4 nitrogen and oxygen atoms in total. The molecule has 0 spiro atoms. The van der Waals surface area contributed by atoms with Crippen molar-refractivity contribution in [3.63, 3.8) is 0 Å². The minimum atomic E-state index is -0.627. The number of aryl methyl sites for hydroxylation is 1. The predicted octanol–water partition coefficient (Wildman–Crippen LogP) is 2.59. The summed E-state index contributed by atoms with van der Waals surface area (Å²) in [6.07, 6.45) is -0.104. The molecule has 0 radical (unpaired) electrons. The fourth-order valence-electron chi connectivity index (χ4n) is 1.48. The van der Waals surface area contributed by atoms with Crippen LogP contribution in [0.4, 0.5) is 0 Å². The lowest BCUT2D eigenvalue weighted by atomic mass is 10.1. The van der Waals surface area contributed by atoms with Crippen LogP contribution in [0.15, 0.2) is 18.2 Å². The second-order valence-corrected chi connectivity index (χ2v) is 3.86. The number of ether oxygens (including phenoxy) is 2. The van der Waals surface area contributed by atoms with Gasteiger partial charge in [0.2, 0.25) is 0 Å². The second kappa shape index (κ2) is 6.65. The maximum Gasteiger partial charge on any atom is 0.347 e. The first kappa shape index (κ1) is 14.0. The van der Waals surface area contributed by atoms with Gasteiger partial charge >= 0.3 is 5.97 Å². The molecule has 0 saturated heterocycles. The molecule has 0 aliphatic rings. The van der Waals surface area contributed by atoms with Gasteiger partial charge in [-0.1, -0.05) is 13.0 Å². The number of nitriles is 1. The maximum absolute atomic E-state index is 11.6. The van der Waals surface area contributed by atoms with Gasteiger partial charge in [0.25, 0.3) is 0 Å². The van der Waals surface area contributed by atoms with Crippen LogP contribution >= 0.6 is 0 Å². The van der Waals surface area contributed by atoms with Gasteiger partial charge in [-0.25, -0.2) is 4.79 Å². The molecule has 1 unspecified atom stereocenters. The normalized spacial score (nSPS) is 11.4. The van der Waals surface area contributed by atoms with Crippen LogP contribution in [0.1, 0.15) is 31.4 Å². The zero-order chi connectivity index (χ0) is 13.5. The van der Waals surface area contributed by atoms with E-state index in [-0.39, 0.29) is 5.97 Å². The Balaban J connectivity index is 2.88. The molecular formula is C14H17NO3. The Labute approximate surface area is 107 Å². The molecule has 1 rings (SSSR count). The molecule has 0 heterocycles. The molecule has 0 saturated carbocycles. The van der Waals surface area contributed by atoms with Gasteiger partial charge in [-0.05, 0) is 38.0 Å². The van der Waals surface area contributed by atoms with Crippen LogP contribution in [0, 0.1) is 18.3 Å². The van der Waals surface area contributed by atoms with Crippen LogP contribution in [-0.2, 0) is 9.53 Å². The van der Waals surface area contributed by atoms with E-state index in [9.17, 15) is 4.79 Å². The number of carbonyl (C=O) groups is 1.